The van der Waals surface area contributed by atoms with E-state index in [9.17, 15) is 9.59 Å². The summed E-state index contributed by atoms with van der Waals surface area (Å²) < 4.78 is 0. The molecule has 0 bridgehead atoms. The maximum atomic E-state index is 12.5. The summed E-state index contributed by atoms with van der Waals surface area (Å²) in [5.74, 6) is -0.392. The van der Waals surface area contributed by atoms with Crippen LogP contribution < -0.4 is 5.32 Å². The Labute approximate surface area is 154 Å². The number of benzene rings is 1. The zero-order valence-electron chi connectivity index (χ0n) is 15.9. The van der Waals surface area contributed by atoms with Crippen molar-refractivity contribution in [3.05, 3.63) is 70.5 Å². The van der Waals surface area contributed by atoms with Gasteiger partial charge in [0.15, 0.2) is 0 Å². The van der Waals surface area contributed by atoms with Gasteiger partial charge in [-0.25, -0.2) is 4.99 Å². The normalized spacial score (nSPS) is 21.0. The molecule has 0 saturated heterocycles. The Morgan fingerprint density at radius 3 is 2.35 bits per heavy atom. The zero-order valence-corrected chi connectivity index (χ0v) is 15.9. The van der Waals surface area contributed by atoms with Gasteiger partial charge in [0.05, 0.1) is 5.71 Å². The van der Waals surface area contributed by atoms with E-state index in [1.54, 1.807) is 12.2 Å². The molecule has 1 aliphatic heterocycles. The quantitative estimate of drug-likeness (QED) is 0.832. The Morgan fingerprint density at radius 1 is 1.08 bits per heavy atom. The Morgan fingerprint density at radius 2 is 1.73 bits per heavy atom. The smallest absolute Gasteiger partial charge is 0.277 e. The van der Waals surface area contributed by atoms with Gasteiger partial charge in [-0.15, -0.1) is 0 Å². The molecule has 1 atom stereocenters. The van der Waals surface area contributed by atoms with Crippen molar-refractivity contribution in [2.75, 3.05) is 0 Å². The average molecular weight is 348 g/mol. The standard InChI is InChI=1S/C22H24N2O2/c1-13-8-14(2)10-15(9-13)21(26)23-16-6-7-17-18(22(3,4)5)12-20(25)24-19(17)11-16/h6-12,17H,1-5H3,(H,24,25). The number of nitrogens with zero attached hydrogens (tertiary/aromatic N) is 1. The van der Waals surface area contributed by atoms with Crippen LogP contribution in [0.3, 0.4) is 0 Å². The number of fused-ring (bicyclic) bond motifs is 1. The van der Waals surface area contributed by atoms with Crippen molar-refractivity contribution in [2.45, 2.75) is 34.6 Å². The van der Waals surface area contributed by atoms with Gasteiger partial charge in [-0.3, -0.25) is 9.59 Å². The second kappa shape index (κ2) is 6.52. The predicted octanol–water partition coefficient (Wildman–Crippen LogP) is 4.06. The third-order valence-electron chi connectivity index (χ3n) is 4.55. The van der Waals surface area contributed by atoms with Crippen LogP contribution in [0.2, 0.25) is 0 Å². The van der Waals surface area contributed by atoms with E-state index in [-0.39, 0.29) is 23.1 Å². The third kappa shape index (κ3) is 3.74. The van der Waals surface area contributed by atoms with Crippen LogP contribution in [0.1, 0.15) is 42.3 Å². The molecule has 0 spiro atoms. The lowest BCUT2D eigenvalue weighted by Gasteiger charge is -2.34. The molecule has 3 rings (SSSR count). The van der Waals surface area contributed by atoms with E-state index in [0.29, 0.717) is 11.3 Å². The van der Waals surface area contributed by atoms with Gasteiger partial charge in [-0.05, 0) is 49.1 Å². The molecular weight excluding hydrogens is 324 g/mol. The summed E-state index contributed by atoms with van der Waals surface area (Å²) in [6.07, 6.45) is 7.32. The molecule has 0 fully saturated rings. The molecule has 2 amide bonds. The average Bonchev–Trinajstić information content (AvgIpc) is 2.51. The minimum absolute atomic E-state index is 0.0166. The molecule has 0 aromatic heterocycles. The lowest BCUT2D eigenvalue weighted by molar-refractivity contribution is -0.116. The maximum absolute atomic E-state index is 12.5. The first-order valence-corrected chi connectivity index (χ1v) is 8.77. The van der Waals surface area contributed by atoms with Gasteiger partial charge >= 0.3 is 0 Å². The highest BCUT2D eigenvalue weighted by molar-refractivity contribution is 6.14. The van der Waals surface area contributed by atoms with Crippen LogP contribution >= 0.6 is 0 Å². The Hall–Kier alpha value is -2.75. The van der Waals surface area contributed by atoms with Crippen molar-refractivity contribution >= 4 is 17.5 Å². The van der Waals surface area contributed by atoms with Crippen molar-refractivity contribution in [3.8, 4) is 0 Å². The number of nitrogens with one attached hydrogen (secondary N) is 1. The topological polar surface area (TPSA) is 58.5 Å². The SMILES string of the molecule is Cc1cc(C)cc(C(=O)N=C2C=CC3C(=C2)NC(=O)C=C3C(C)(C)C)c1. The van der Waals surface area contributed by atoms with Gasteiger partial charge in [0.1, 0.15) is 0 Å². The summed E-state index contributed by atoms with van der Waals surface area (Å²) in [5, 5.41) is 2.88. The van der Waals surface area contributed by atoms with Crippen molar-refractivity contribution < 1.29 is 9.59 Å². The van der Waals surface area contributed by atoms with Gasteiger partial charge < -0.3 is 5.32 Å². The molecule has 1 aromatic carbocycles. The Balaban J connectivity index is 1.91. The first-order valence-electron chi connectivity index (χ1n) is 8.77. The Bertz CT molecular complexity index is 888. The number of carbonyl (C=O) groups excluding carboxylic acids is 2. The highest BCUT2D eigenvalue weighted by atomic mass is 16.2. The van der Waals surface area contributed by atoms with Crippen LogP contribution in [-0.2, 0) is 4.79 Å². The van der Waals surface area contributed by atoms with Crippen molar-refractivity contribution in [3.63, 3.8) is 0 Å². The summed E-state index contributed by atoms with van der Waals surface area (Å²) in [6.45, 7) is 10.2. The predicted molar refractivity (Wildman–Crippen MR) is 104 cm³/mol. The first-order chi connectivity index (χ1) is 12.1. The second-order valence-corrected chi connectivity index (χ2v) is 7.99. The molecule has 4 nitrogen and oxygen atoms in total. The number of hydrogen-bond donors (Lipinski definition) is 1. The van der Waals surface area contributed by atoms with Crippen LogP contribution in [0.25, 0.3) is 0 Å². The highest BCUT2D eigenvalue weighted by Gasteiger charge is 2.32. The zero-order chi connectivity index (χ0) is 19.1. The van der Waals surface area contributed by atoms with Crippen LogP contribution in [0.4, 0.5) is 0 Å². The molecule has 1 aromatic rings. The fourth-order valence-corrected chi connectivity index (χ4v) is 3.42. The molecule has 1 unspecified atom stereocenters. The summed E-state index contributed by atoms with van der Waals surface area (Å²) in [7, 11) is 0. The van der Waals surface area contributed by atoms with Gasteiger partial charge in [0.2, 0.25) is 5.91 Å². The number of allylic oxidation sites excluding steroid dienone is 3. The van der Waals surface area contributed by atoms with Crippen LogP contribution in [0.15, 0.2) is 58.8 Å². The van der Waals surface area contributed by atoms with Crippen LogP contribution in [0.5, 0.6) is 0 Å². The van der Waals surface area contributed by atoms with E-state index >= 15 is 0 Å². The maximum Gasteiger partial charge on any atom is 0.277 e. The lowest BCUT2D eigenvalue weighted by Crippen LogP contribution is -2.36. The number of hydrogen-bond acceptors (Lipinski definition) is 2. The number of amides is 2. The largest absolute Gasteiger partial charge is 0.325 e. The van der Waals surface area contributed by atoms with E-state index in [4.69, 9.17) is 0 Å². The molecule has 2 aliphatic rings. The minimum atomic E-state index is -0.277. The number of carbonyl (C=O) groups is 2. The Kier molecular flexibility index (Phi) is 4.53. The number of aryl methyl sites for hydroxylation is 2. The molecular formula is C22H24N2O2. The van der Waals surface area contributed by atoms with Gasteiger partial charge in [-0.2, -0.15) is 0 Å². The van der Waals surface area contributed by atoms with Crippen LogP contribution in [-0.4, -0.2) is 17.5 Å². The summed E-state index contributed by atoms with van der Waals surface area (Å²) in [4.78, 5) is 28.8. The third-order valence-corrected chi connectivity index (χ3v) is 4.55. The monoisotopic (exact) mass is 348 g/mol. The lowest BCUT2D eigenvalue weighted by atomic mass is 9.74. The second-order valence-electron chi connectivity index (χ2n) is 7.99. The fraction of sp³-hybridized carbons (Fsp3) is 0.318. The van der Waals surface area contributed by atoms with Gasteiger partial charge in [0.25, 0.3) is 5.91 Å². The van der Waals surface area contributed by atoms with E-state index in [2.05, 4.69) is 31.1 Å². The highest BCUT2D eigenvalue weighted by Crippen LogP contribution is 2.38. The summed E-state index contributed by atoms with van der Waals surface area (Å²) in [6, 6.07) is 5.70. The van der Waals surface area contributed by atoms with Gasteiger partial charge in [0, 0.05) is 23.3 Å². The number of rotatable bonds is 1. The van der Waals surface area contributed by atoms with Crippen molar-refractivity contribution in [2.24, 2.45) is 16.3 Å². The van der Waals surface area contributed by atoms with E-state index in [1.165, 1.54) is 0 Å². The van der Waals surface area contributed by atoms with Crippen LogP contribution in [0, 0.1) is 25.2 Å². The van der Waals surface area contributed by atoms with E-state index in [1.807, 2.05) is 44.2 Å². The molecule has 0 saturated carbocycles. The summed E-state index contributed by atoms with van der Waals surface area (Å²) in [5.41, 5.74) is 4.91. The van der Waals surface area contributed by atoms with E-state index in [0.717, 1.165) is 22.4 Å². The minimum Gasteiger partial charge on any atom is -0.325 e. The molecule has 1 heterocycles. The van der Waals surface area contributed by atoms with Crippen molar-refractivity contribution in [1.29, 1.82) is 0 Å². The molecule has 4 heteroatoms. The first kappa shape index (κ1) is 18.1. The molecule has 0 radical (unpaired) electrons. The molecule has 134 valence electrons. The fourth-order valence-electron chi connectivity index (χ4n) is 3.42. The molecule has 1 N–H and O–H groups in total. The van der Waals surface area contributed by atoms with Crippen molar-refractivity contribution in [1.82, 2.24) is 5.32 Å². The number of aliphatic imine (C=N–C) groups is 1. The molecule has 26 heavy (non-hydrogen) atoms. The summed E-state index contributed by atoms with van der Waals surface area (Å²) >= 11 is 0. The van der Waals surface area contributed by atoms with E-state index < -0.39 is 0 Å². The van der Waals surface area contributed by atoms with Gasteiger partial charge in [-0.1, -0.05) is 44.0 Å². The molecule has 1 aliphatic carbocycles.